The fraction of sp³-hybridized carbons (Fsp3) is 0.522. The molecule has 2 aromatic rings. The molecule has 1 unspecified atom stereocenters. The average molecular weight is 540 g/mol. The first-order chi connectivity index (χ1) is 17.1. The van der Waals surface area contributed by atoms with Crippen molar-refractivity contribution in [3.05, 3.63) is 53.7 Å². The van der Waals surface area contributed by atoms with Gasteiger partial charge in [0.1, 0.15) is 11.5 Å². The highest BCUT2D eigenvalue weighted by atomic mass is 19.4. The predicted octanol–water partition coefficient (Wildman–Crippen LogP) is 4.79. The molecule has 1 spiro atoms. The second-order valence-electron chi connectivity index (χ2n) is 8.58. The molecular formula is C23H26F6N2O6. The van der Waals surface area contributed by atoms with Gasteiger partial charge in [0.2, 0.25) is 0 Å². The van der Waals surface area contributed by atoms with Crippen molar-refractivity contribution in [2.45, 2.75) is 56.6 Å². The molecule has 0 amide bonds. The van der Waals surface area contributed by atoms with E-state index >= 15 is 0 Å². The second-order valence-corrected chi connectivity index (χ2v) is 8.58. The van der Waals surface area contributed by atoms with Gasteiger partial charge in [-0.25, -0.2) is 9.59 Å². The van der Waals surface area contributed by atoms with Crippen LogP contribution in [0.1, 0.15) is 42.3 Å². The normalized spacial score (nSPS) is 19.4. The number of ether oxygens (including phenoxy) is 1. The van der Waals surface area contributed by atoms with Gasteiger partial charge in [-0.05, 0) is 49.9 Å². The summed E-state index contributed by atoms with van der Waals surface area (Å²) in [6, 6.07) is 8.33. The van der Waals surface area contributed by atoms with Crippen molar-refractivity contribution < 1.29 is 55.3 Å². The number of aliphatic carboxylic acids is 2. The zero-order valence-corrected chi connectivity index (χ0v) is 19.7. The Morgan fingerprint density at radius 1 is 1.05 bits per heavy atom. The van der Waals surface area contributed by atoms with Crippen LogP contribution in [-0.4, -0.2) is 69.7 Å². The number of carbonyl (C=O) groups is 2. The number of furan rings is 1. The molecule has 8 nitrogen and oxygen atoms in total. The van der Waals surface area contributed by atoms with Crippen molar-refractivity contribution in [2.75, 3.05) is 19.7 Å². The molecule has 14 heteroatoms. The molecule has 0 radical (unpaired) electrons. The summed E-state index contributed by atoms with van der Waals surface area (Å²) in [7, 11) is 0. The van der Waals surface area contributed by atoms with Gasteiger partial charge in [-0.2, -0.15) is 26.3 Å². The molecule has 37 heavy (non-hydrogen) atoms. The number of hydrogen-bond acceptors (Lipinski definition) is 6. The SMILES string of the molecule is Cc1ccc(CN2CCC3(CC2)CC(c2cccnc2)CO3)o1.O=C(O)C(F)(F)F.O=C(O)C(F)(F)F. The van der Waals surface area contributed by atoms with Crippen molar-refractivity contribution >= 4 is 11.9 Å². The van der Waals surface area contributed by atoms with Gasteiger partial charge < -0.3 is 19.4 Å². The van der Waals surface area contributed by atoms with E-state index in [1.165, 1.54) is 5.56 Å². The van der Waals surface area contributed by atoms with E-state index in [4.69, 9.17) is 29.0 Å². The van der Waals surface area contributed by atoms with Crippen LogP contribution >= 0.6 is 0 Å². The van der Waals surface area contributed by atoms with Gasteiger partial charge in [0.15, 0.2) is 0 Å². The molecule has 206 valence electrons. The van der Waals surface area contributed by atoms with Crippen molar-refractivity contribution in [2.24, 2.45) is 0 Å². The Labute approximate surface area is 207 Å². The van der Waals surface area contributed by atoms with E-state index in [-0.39, 0.29) is 5.60 Å². The van der Waals surface area contributed by atoms with Gasteiger partial charge in [0, 0.05) is 31.4 Å². The van der Waals surface area contributed by atoms with E-state index in [1.807, 2.05) is 31.5 Å². The maximum atomic E-state index is 10.6. The highest BCUT2D eigenvalue weighted by molar-refractivity contribution is 5.73. The molecule has 4 heterocycles. The van der Waals surface area contributed by atoms with Gasteiger partial charge in [0.25, 0.3) is 0 Å². The Balaban J connectivity index is 0.000000286. The Bertz CT molecular complexity index is 993. The highest BCUT2D eigenvalue weighted by Gasteiger charge is 2.43. The lowest BCUT2D eigenvalue weighted by Crippen LogP contribution is -2.43. The predicted molar refractivity (Wildman–Crippen MR) is 116 cm³/mol. The maximum Gasteiger partial charge on any atom is 0.490 e. The van der Waals surface area contributed by atoms with Crippen molar-refractivity contribution in [1.29, 1.82) is 0 Å². The molecule has 0 bridgehead atoms. The van der Waals surface area contributed by atoms with Crippen LogP contribution in [0, 0.1) is 6.92 Å². The number of carboxylic acid groups (broad SMARTS) is 2. The quantitative estimate of drug-likeness (QED) is 0.535. The van der Waals surface area contributed by atoms with Crippen LogP contribution in [0.15, 0.2) is 41.1 Å². The third-order valence-corrected chi connectivity index (χ3v) is 5.79. The fourth-order valence-corrected chi connectivity index (χ4v) is 3.93. The van der Waals surface area contributed by atoms with Crippen LogP contribution in [-0.2, 0) is 20.9 Å². The molecule has 2 aromatic heterocycles. The molecule has 0 aliphatic carbocycles. The van der Waals surface area contributed by atoms with E-state index in [2.05, 4.69) is 22.0 Å². The third kappa shape index (κ3) is 9.69. The number of aromatic nitrogens is 1. The molecule has 1 atom stereocenters. The Kier molecular flexibility index (Phi) is 10.1. The van der Waals surface area contributed by atoms with Gasteiger partial charge in [-0.1, -0.05) is 6.07 Å². The topological polar surface area (TPSA) is 113 Å². The second kappa shape index (κ2) is 12.4. The number of rotatable bonds is 3. The molecule has 2 saturated heterocycles. The Hall–Kier alpha value is -3.13. The van der Waals surface area contributed by atoms with Crippen molar-refractivity contribution in [3.63, 3.8) is 0 Å². The summed E-state index contributed by atoms with van der Waals surface area (Å²) in [5.74, 6) is -2.95. The number of carboxylic acids is 2. The minimum absolute atomic E-state index is 0.0795. The van der Waals surface area contributed by atoms with E-state index in [9.17, 15) is 26.3 Å². The molecule has 0 aromatic carbocycles. The number of halogens is 6. The maximum absolute atomic E-state index is 10.6. The first-order valence-electron chi connectivity index (χ1n) is 11.0. The van der Waals surface area contributed by atoms with E-state index < -0.39 is 24.3 Å². The lowest BCUT2D eigenvalue weighted by Gasteiger charge is -2.38. The summed E-state index contributed by atoms with van der Waals surface area (Å²) in [6.07, 6.45) is -2.98. The zero-order valence-electron chi connectivity index (χ0n) is 19.7. The van der Waals surface area contributed by atoms with Crippen molar-refractivity contribution in [1.82, 2.24) is 9.88 Å². The number of nitrogens with zero attached hydrogens (tertiary/aromatic N) is 2. The minimum atomic E-state index is -5.08. The van der Waals surface area contributed by atoms with Gasteiger partial charge in [0.05, 0.1) is 18.8 Å². The number of alkyl halides is 6. The molecule has 2 aliphatic rings. The molecular weight excluding hydrogens is 514 g/mol. The molecule has 2 N–H and O–H groups in total. The molecule has 2 aliphatic heterocycles. The van der Waals surface area contributed by atoms with E-state index in [0.29, 0.717) is 5.92 Å². The van der Waals surface area contributed by atoms with Gasteiger partial charge in [-0.3, -0.25) is 9.88 Å². The van der Waals surface area contributed by atoms with Crippen LogP contribution in [0.5, 0.6) is 0 Å². The Morgan fingerprint density at radius 3 is 2.05 bits per heavy atom. The number of likely N-dealkylation sites (tertiary alicyclic amines) is 1. The largest absolute Gasteiger partial charge is 0.490 e. The summed E-state index contributed by atoms with van der Waals surface area (Å²) in [5.41, 5.74) is 1.40. The summed E-state index contributed by atoms with van der Waals surface area (Å²) in [6.45, 7) is 5.91. The van der Waals surface area contributed by atoms with Crippen molar-refractivity contribution in [3.8, 4) is 0 Å². The smallest absolute Gasteiger partial charge is 0.475 e. The van der Waals surface area contributed by atoms with Crippen LogP contribution in [0.25, 0.3) is 0 Å². The first-order valence-corrected chi connectivity index (χ1v) is 11.0. The number of aryl methyl sites for hydroxylation is 1. The summed E-state index contributed by atoms with van der Waals surface area (Å²) >= 11 is 0. The molecule has 2 fully saturated rings. The average Bonchev–Trinajstić information content (AvgIpc) is 3.42. The first kappa shape index (κ1) is 30.1. The van der Waals surface area contributed by atoms with E-state index in [0.717, 1.165) is 57.0 Å². The lowest BCUT2D eigenvalue weighted by molar-refractivity contribution is -0.193. The summed E-state index contributed by atoms with van der Waals surface area (Å²) in [4.78, 5) is 24.5. The van der Waals surface area contributed by atoms with Crippen LogP contribution < -0.4 is 0 Å². The monoisotopic (exact) mass is 540 g/mol. The lowest BCUT2D eigenvalue weighted by atomic mass is 9.83. The minimum Gasteiger partial charge on any atom is -0.475 e. The van der Waals surface area contributed by atoms with Gasteiger partial charge >= 0.3 is 24.3 Å². The van der Waals surface area contributed by atoms with E-state index in [1.54, 1.807) is 0 Å². The van der Waals surface area contributed by atoms with Crippen LogP contribution in [0.2, 0.25) is 0 Å². The third-order valence-electron chi connectivity index (χ3n) is 5.79. The molecule has 4 rings (SSSR count). The molecule has 0 saturated carbocycles. The standard InChI is InChI=1S/C19H24N2O2.2C2HF3O2/c1-15-4-5-18(23-15)13-21-9-6-19(7-10-21)11-17(14-22-19)16-3-2-8-20-12-16;2*3-2(4,5)1(6)7/h2-5,8,12,17H,6-7,9-11,13-14H2,1H3;2*(H,6,7). The van der Waals surface area contributed by atoms with Gasteiger partial charge in [-0.15, -0.1) is 0 Å². The highest BCUT2D eigenvalue weighted by Crippen LogP contribution is 2.42. The summed E-state index contributed by atoms with van der Waals surface area (Å²) < 4.78 is 75.4. The van der Waals surface area contributed by atoms with Crippen LogP contribution in [0.4, 0.5) is 26.3 Å². The number of pyridine rings is 1. The number of hydrogen-bond donors (Lipinski definition) is 2. The summed E-state index contributed by atoms with van der Waals surface area (Å²) in [5, 5.41) is 14.2. The Morgan fingerprint density at radius 2 is 1.62 bits per heavy atom. The number of piperidine rings is 1. The fourth-order valence-electron chi connectivity index (χ4n) is 3.93. The zero-order chi connectivity index (χ0) is 27.9. The van der Waals surface area contributed by atoms with Crippen LogP contribution in [0.3, 0.4) is 0 Å².